The van der Waals surface area contributed by atoms with Gasteiger partial charge in [-0.2, -0.15) is 13.9 Å². The topological polar surface area (TPSA) is 74.6 Å². The highest BCUT2D eigenvalue weighted by atomic mass is 19.3. The van der Waals surface area contributed by atoms with Crippen molar-refractivity contribution < 1.29 is 27.8 Å². The number of alkyl halides is 2. The van der Waals surface area contributed by atoms with Crippen molar-refractivity contribution in [2.75, 3.05) is 12.4 Å². The first-order chi connectivity index (χ1) is 13.5. The molecule has 3 aromatic rings. The molecular weight excluding hydrogens is 372 g/mol. The minimum Gasteiger partial charge on any atom is -0.493 e. The second-order valence-corrected chi connectivity index (χ2v) is 5.53. The van der Waals surface area contributed by atoms with E-state index in [1.807, 2.05) is 30.3 Å². The third-order valence-corrected chi connectivity index (χ3v) is 3.62. The summed E-state index contributed by atoms with van der Waals surface area (Å²) in [7, 11) is 1.31. The molecule has 0 atom stereocenters. The maximum atomic E-state index is 12.4. The number of hydrogen-bond acceptors (Lipinski definition) is 5. The molecule has 9 heteroatoms. The predicted octanol–water partition coefficient (Wildman–Crippen LogP) is 3.78. The van der Waals surface area contributed by atoms with E-state index in [2.05, 4.69) is 15.2 Å². The lowest BCUT2D eigenvalue weighted by molar-refractivity contribution is -0.0512. The van der Waals surface area contributed by atoms with Gasteiger partial charge in [-0.3, -0.25) is 4.79 Å². The van der Waals surface area contributed by atoms with Gasteiger partial charge in [-0.1, -0.05) is 18.2 Å². The molecule has 1 amide bonds. The van der Waals surface area contributed by atoms with E-state index < -0.39 is 12.5 Å². The van der Waals surface area contributed by atoms with Gasteiger partial charge < -0.3 is 19.5 Å². The van der Waals surface area contributed by atoms with Gasteiger partial charge in [-0.15, -0.1) is 0 Å². The average Bonchev–Trinajstić information content (AvgIpc) is 3.17. The number of rotatable bonds is 8. The third kappa shape index (κ3) is 4.97. The molecule has 0 radical (unpaired) electrons. The second-order valence-electron chi connectivity index (χ2n) is 5.53. The molecule has 1 heterocycles. The fraction of sp³-hybridized carbons (Fsp3) is 0.158. The van der Waals surface area contributed by atoms with Crippen LogP contribution in [-0.4, -0.2) is 29.4 Å². The van der Waals surface area contributed by atoms with Gasteiger partial charge in [-0.05, 0) is 30.3 Å². The van der Waals surface area contributed by atoms with Crippen LogP contribution in [0.3, 0.4) is 0 Å². The molecule has 0 unspecified atom stereocenters. The smallest absolute Gasteiger partial charge is 0.387 e. The molecule has 7 nitrogen and oxygen atoms in total. The summed E-state index contributed by atoms with van der Waals surface area (Å²) in [6.45, 7) is -2.83. The van der Waals surface area contributed by atoms with E-state index in [9.17, 15) is 13.6 Å². The summed E-state index contributed by atoms with van der Waals surface area (Å²) in [6.07, 6.45) is 1.61. The number of amides is 1. The van der Waals surface area contributed by atoms with Crippen molar-refractivity contribution in [3.05, 3.63) is 66.5 Å². The molecule has 0 spiro atoms. The minimum absolute atomic E-state index is 0.0693. The number of anilines is 1. The van der Waals surface area contributed by atoms with Gasteiger partial charge in [0, 0.05) is 18.0 Å². The number of carbonyl (C=O) groups excluding carboxylic acids is 1. The van der Waals surface area contributed by atoms with Crippen molar-refractivity contribution in [2.24, 2.45) is 0 Å². The Hall–Kier alpha value is -3.62. The number of halogens is 2. The fourth-order valence-electron chi connectivity index (χ4n) is 2.35. The Morgan fingerprint density at radius 3 is 2.64 bits per heavy atom. The SMILES string of the molecule is COc1cc(NC(=O)c2ccn(COc3ccccc3)n2)ccc1OC(F)F. The molecule has 0 aliphatic carbocycles. The van der Waals surface area contributed by atoms with Gasteiger partial charge in [-0.25, -0.2) is 4.68 Å². The summed E-state index contributed by atoms with van der Waals surface area (Å²) in [5.74, 6) is 0.156. The van der Waals surface area contributed by atoms with E-state index in [-0.39, 0.29) is 23.9 Å². The highest BCUT2D eigenvalue weighted by Crippen LogP contribution is 2.31. The quantitative estimate of drug-likeness (QED) is 0.635. The molecule has 0 saturated carbocycles. The van der Waals surface area contributed by atoms with E-state index in [1.54, 1.807) is 6.20 Å². The highest BCUT2D eigenvalue weighted by Gasteiger charge is 2.14. The number of ether oxygens (including phenoxy) is 3. The van der Waals surface area contributed by atoms with Gasteiger partial charge >= 0.3 is 6.61 Å². The van der Waals surface area contributed by atoms with Crippen molar-refractivity contribution in [1.82, 2.24) is 9.78 Å². The Balaban J connectivity index is 1.62. The van der Waals surface area contributed by atoms with Crippen LogP contribution in [0.5, 0.6) is 17.2 Å². The number of para-hydroxylation sites is 1. The summed E-state index contributed by atoms with van der Waals surface area (Å²) in [6, 6.07) is 14.8. The van der Waals surface area contributed by atoms with Crippen molar-refractivity contribution in [2.45, 2.75) is 13.3 Å². The number of benzene rings is 2. The first kappa shape index (κ1) is 19.2. The Kier molecular flexibility index (Phi) is 6.05. The number of nitrogens with one attached hydrogen (secondary N) is 1. The lowest BCUT2D eigenvalue weighted by Crippen LogP contribution is -2.14. The molecule has 0 aliphatic heterocycles. The summed E-state index contributed by atoms with van der Waals surface area (Å²) >= 11 is 0. The number of aromatic nitrogens is 2. The van der Waals surface area contributed by atoms with E-state index in [4.69, 9.17) is 9.47 Å². The number of carbonyl (C=O) groups is 1. The Labute approximate surface area is 159 Å². The van der Waals surface area contributed by atoms with E-state index in [0.29, 0.717) is 11.4 Å². The summed E-state index contributed by atoms with van der Waals surface area (Å²) in [5.41, 5.74) is 0.516. The van der Waals surface area contributed by atoms with Gasteiger partial charge in [0.25, 0.3) is 5.91 Å². The van der Waals surface area contributed by atoms with E-state index in [0.717, 1.165) is 0 Å². The van der Waals surface area contributed by atoms with E-state index in [1.165, 1.54) is 36.1 Å². The lowest BCUT2D eigenvalue weighted by atomic mass is 10.2. The molecule has 28 heavy (non-hydrogen) atoms. The Bertz CT molecular complexity index is 932. The summed E-state index contributed by atoms with van der Waals surface area (Å²) in [4.78, 5) is 12.3. The van der Waals surface area contributed by atoms with Crippen LogP contribution in [0, 0.1) is 0 Å². The van der Waals surface area contributed by atoms with Crippen LogP contribution >= 0.6 is 0 Å². The molecule has 0 fully saturated rings. The van der Waals surface area contributed by atoms with Crippen LogP contribution in [0.1, 0.15) is 10.5 Å². The van der Waals surface area contributed by atoms with Crippen LogP contribution in [-0.2, 0) is 6.73 Å². The second kappa shape index (κ2) is 8.85. The van der Waals surface area contributed by atoms with Crippen LogP contribution in [0.15, 0.2) is 60.8 Å². The molecule has 0 aliphatic rings. The van der Waals surface area contributed by atoms with Crippen molar-refractivity contribution in [3.8, 4) is 17.2 Å². The minimum atomic E-state index is -2.98. The molecular formula is C19H17F2N3O4. The van der Waals surface area contributed by atoms with Crippen molar-refractivity contribution in [3.63, 3.8) is 0 Å². The largest absolute Gasteiger partial charge is 0.493 e. The Morgan fingerprint density at radius 1 is 1.14 bits per heavy atom. The predicted molar refractivity (Wildman–Crippen MR) is 96.9 cm³/mol. The number of hydrogen-bond donors (Lipinski definition) is 1. The number of nitrogens with zero attached hydrogens (tertiary/aromatic N) is 2. The van der Waals surface area contributed by atoms with E-state index >= 15 is 0 Å². The zero-order valence-corrected chi connectivity index (χ0v) is 14.8. The van der Waals surface area contributed by atoms with Gasteiger partial charge in [0.1, 0.15) is 5.75 Å². The molecule has 0 saturated heterocycles. The molecule has 1 aromatic heterocycles. The lowest BCUT2D eigenvalue weighted by Gasteiger charge is -2.11. The molecule has 146 valence electrons. The number of methoxy groups -OCH3 is 1. The van der Waals surface area contributed by atoms with Gasteiger partial charge in [0.05, 0.1) is 7.11 Å². The maximum absolute atomic E-state index is 12.4. The van der Waals surface area contributed by atoms with Gasteiger partial charge in [0.2, 0.25) is 0 Å². The summed E-state index contributed by atoms with van der Waals surface area (Å²) < 4.78 is 41.1. The normalized spacial score (nSPS) is 10.6. The summed E-state index contributed by atoms with van der Waals surface area (Å²) in [5, 5.41) is 6.77. The first-order valence-electron chi connectivity index (χ1n) is 8.20. The molecule has 1 N–H and O–H groups in total. The highest BCUT2D eigenvalue weighted by molar-refractivity contribution is 6.02. The average molecular weight is 389 g/mol. The molecule has 0 bridgehead atoms. The molecule has 3 rings (SSSR count). The fourth-order valence-corrected chi connectivity index (χ4v) is 2.35. The zero-order chi connectivity index (χ0) is 19.9. The van der Waals surface area contributed by atoms with Crippen molar-refractivity contribution in [1.29, 1.82) is 0 Å². The third-order valence-electron chi connectivity index (χ3n) is 3.62. The standard InChI is InChI=1S/C19H17F2N3O4/c1-26-17-11-13(7-8-16(17)28-19(20)21)22-18(25)15-9-10-24(23-15)12-27-14-5-3-2-4-6-14/h2-11,19H,12H2,1H3,(H,22,25). The molecule has 2 aromatic carbocycles. The first-order valence-corrected chi connectivity index (χ1v) is 8.20. The van der Waals surface area contributed by atoms with Gasteiger partial charge in [0.15, 0.2) is 23.9 Å². The van der Waals surface area contributed by atoms with Crippen LogP contribution < -0.4 is 19.5 Å². The Morgan fingerprint density at radius 2 is 1.93 bits per heavy atom. The maximum Gasteiger partial charge on any atom is 0.387 e. The monoisotopic (exact) mass is 389 g/mol. The van der Waals surface area contributed by atoms with Crippen molar-refractivity contribution >= 4 is 11.6 Å². The van der Waals surface area contributed by atoms with Crippen LogP contribution in [0.4, 0.5) is 14.5 Å². The zero-order valence-electron chi connectivity index (χ0n) is 14.8. The van der Waals surface area contributed by atoms with Crippen LogP contribution in [0.2, 0.25) is 0 Å². The van der Waals surface area contributed by atoms with Crippen LogP contribution in [0.25, 0.3) is 0 Å².